The van der Waals surface area contributed by atoms with Crippen LogP contribution in [-0.2, 0) is 19.5 Å². The van der Waals surface area contributed by atoms with E-state index in [0.29, 0.717) is 5.88 Å². The fourth-order valence-electron chi connectivity index (χ4n) is 2.64. The van der Waals surface area contributed by atoms with Crippen molar-refractivity contribution in [2.45, 2.75) is 26.3 Å². The van der Waals surface area contributed by atoms with Crippen LogP contribution in [0, 0.1) is 13.8 Å². The van der Waals surface area contributed by atoms with Crippen molar-refractivity contribution in [2.24, 2.45) is 7.05 Å². The quantitative estimate of drug-likeness (QED) is 0.694. The van der Waals surface area contributed by atoms with Crippen molar-refractivity contribution < 1.29 is 0 Å². The normalized spacial score (nSPS) is 11.4. The van der Waals surface area contributed by atoms with Crippen molar-refractivity contribution in [3.63, 3.8) is 0 Å². The Morgan fingerprint density at radius 1 is 1.25 bits per heavy atom. The van der Waals surface area contributed by atoms with Crippen molar-refractivity contribution in [2.75, 3.05) is 0 Å². The summed E-state index contributed by atoms with van der Waals surface area (Å²) in [5, 5.41) is 4.44. The highest BCUT2D eigenvalue weighted by atomic mass is 35.5. The smallest absolute Gasteiger partial charge is 0.159 e. The third-order valence-electron chi connectivity index (χ3n) is 3.51. The number of nitrogens with zero attached hydrogens (tertiary/aromatic N) is 4. The molecule has 0 atom stereocenters. The van der Waals surface area contributed by atoms with Gasteiger partial charge in [0.05, 0.1) is 18.1 Å². The SMILES string of the molecule is Cc1cccc(Cn2c(CCl)nc3c(C)nn(C)c32)c1. The minimum Gasteiger partial charge on any atom is -0.307 e. The molecule has 3 rings (SSSR count). The van der Waals surface area contributed by atoms with Crippen LogP contribution in [-0.4, -0.2) is 19.3 Å². The first-order valence-electron chi connectivity index (χ1n) is 6.60. The summed E-state index contributed by atoms with van der Waals surface area (Å²) >= 11 is 6.05. The Labute approximate surface area is 123 Å². The molecule has 5 heteroatoms. The highest BCUT2D eigenvalue weighted by molar-refractivity contribution is 6.16. The topological polar surface area (TPSA) is 35.6 Å². The predicted octanol–water partition coefficient (Wildman–Crippen LogP) is 3.17. The van der Waals surface area contributed by atoms with Crippen LogP contribution in [0.2, 0.25) is 0 Å². The van der Waals surface area contributed by atoms with Gasteiger partial charge in [0.1, 0.15) is 11.3 Å². The molecular weight excluding hydrogens is 272 g/mol. The van der Waals surface area contributed by atoms with Crippen molar-refractivity contribution >= 4 is 22.8 Å². The number of rotatable bonds is 3. The van der Waals surface area contributed by atoms with Gasteiger partial charge in [-0.15, -0.1) is 11.6 Å². The van der Waals surface area contributed by atoms with E-state index in [1.807, 2.05) is 18.7 Å². The molecule has 0 aliphatic rings. The summed E-state index contributed by atoms with van der Waals surface area (Å²) < 4.78 is 4.03. The first-order chi connectivity index (χ1) is 9.60. The number of alkyl halides is 1. The van der Waals surface area contributed by atoms with Crippen LogP contribution in [0.25, 0.3) is 11.2 Å². The zero-order valence-corrected chi connectivity index (χ0v) is 12.6. The Bertz CT molecular complexity index is 770. The zero-order valence-electron chi connectivity index (χ0n) is 11.9. The number of aryl methyl sites for hydroxylation is 3. The van der Waals surface area contributed by atoms with Gasteiger partial charge in [0.2, 0.25) is 0 Å². The van der Waals surface area contributed by atoms with E-state index in [9.17, 15) is 0 Å². The van der Waals surface area contributed by atoms with Crippen molar-refractivity contribution in [3.05, 3.63) is 46.9 Å². The Morgan fingerprint density at radius 2 is 2.05 bits per heavy atom. The fraction of sp³-hybridized carbons (Fsp3) is 0.333. The van der Waals surface area contributed by atoms with E-state index in [1.165, 1.54) is 11.1 Å². The lowest BCUT2D eigenvalue weighted by atomic mass is 10.1. The highest BCUT2D eigenvalue weighted by Gasteiger charge is 2.16. The first-order valence-corrected chi connectivity index (χ1v) is 7.14. The fourth-order valence-corrected chi connectivity index (χ4v) is 2.85. The Morgan fingerprint density at radius 3 is 2.75 bits per heavy atom. The molecule has 2 heterocycles. The molecule has 4 nitrogen and oxygen atoms in total. The van der Waals surface area contributed by atoms with E-state index >= 15 is 0 Å². The average Bonchev–Trinajstić information content (AvgIpc) is 2.89. The second-order valence-corrected chi connectivity index (χ2v) is 5.39. The third kappa shape index (κ3) is 2.10. The second kappa shape index (κ2) is 4.94. The van der Waals surface area contributed by atoms with Gasteiger partial charge in [-0.05, 0) is 19.4 Å². The largest absolute Gasteiger partial charge is 0.307 e. The molecule has 1 aromatic carbocycles. The standard InChI is InChI=1S/C15H17ClN4/c1-10-5-4-6-12(7-10)9-20-13(8-16)17-14-11(2)18-19(3)15(14)20/h4-7H,8-9H2,1-3H3. The Kier molecular flexibility index (Phi) is 3.26. The lowest BCUT2D eigenvalue weighted by Gasteiger charge is -2.09. The van der Waals surface area contributed by atoms with Gasteiger partial charge in [0.25, 0.3) is 0 Å². The third-order valence-corrected chi connectivity index (χ3v) is 3.75. The maximum absolute atomic E-state index is 6.05. The molecule has 0 amide bonds. The van der Waals surface area contributed by atoms with Gasteiger partial charge in [0.15, 0.2) is 5.65 Å². The Hall–Kier alpha value is -1.81. The van der Waals surface area contributed by atoms with Crippen molar-refractivity contribution in [1.82, 2.24) is 19.3 Å². The maximum Gasteiger partial charge on any atom is 0.159 e. The summed E-state index contributed by atoms with van der Waals surface area (Å²) in [5.41, 5.74) is 5.41. The van der Waals surface area contributed by atoms with E-state index < -0.39 is 0 Å². The van der Waals surface area contributed by atoms with E-state index in [-0.39, 0.29) is 0 Å². The van der Waals surface area contributed by atoms with Crippen LogP contribution in [0.3, 0.4) is 0 Å². The number of benzene rings is 1. The molecule has 0 bridgehead atoms. The zero-order chi connectivity index (χ0) is 14.3. The summed E-state index contributed by atoms with van der Waals surface area (Å²) in [6.07, 6.45) is 0. The van der Waals surface area contributed by atoms with Crippen LogP contribution in [0.1, 0.15) is 22.6 Å². The number of aromatic nitrogens is 4. The molecule has 0 aliphatic carbocycles. The van der Waals surface area contributed by atoms with E-state index in [0.717, 1.165) is 29.2 Å². The summed E-state index contributed by atoms with van der Waals surface area (Å²) in [6.45, 7) is 4.84. The van der Waals surface area contributed by atoms with Crippen LogP contribution >= 0.6 is 11.6 Å². The Balaban J connectivity index is 2.14. The molecule has 104 valence electrons. The minimum absolute atomic E-state index is 0.403. The molecule has 0 fully saturated rings. The molecule has 0 saturated carbocycles. The summed E-state index contributed by atoms with van der Waals surface area (Å²) in [4.78, 5) is 4.62. The van der Waals surface area contributed by atoms with Crippen LogP contribution in [0.4, 0.5) is 0 Å². The van der Waals surface area contributed by atoms with Gasteiger partial charge in [-0.3, -0.25) is 4.68 Å². The molecular formula is C15H17ClN4. The molecule has 0 spiro atoms. The van der Waals surface area contributed by atoms with Crippen molar-refractivity contribution in [3.8, 4) is 0 Å². The first kappa shape index (κ1) is 13.2. The lowest BCUT2D eigenvalue weighted by Crippen LogP contribution is -2.07. The van der Waals surface area contributed by atoms with Gasteiger partial charge in [-0.1, -0.05) is 29.8 Å². The molecule has 2 aromatic heterocycles. The second-order valence-electron chi connectivity index (χ2n) is 5.12. The van der Waals surface area contributed by atoms with Gasteiger partial charge in [-0.2, -0.15) is 5.10 Å². The summed E-state index contributed by atoms with van der Waals surface area (Å²) in [5.74, 6) is 1.29. The van der Waals surface area contributed by atoms with Crippen LogP contribution < -0.4 is 0 Å². The van der Waals surface area contributed by atoms with Crippen LogP contribution in [0.5, 0.6) is 0 Å². The average molecular weight is 289 g/mol. The molecule has 3 aromatic rings. The molecule has 0 aliphatic heterocycles. The molecule has 0 saturated heterocycles. The molecule has 0 unspecified atom stereocenters. The number of imidazole rings is 1. The van der Waals surface area contributed by atoms with Gasteiger partial charge in [-0.25, -0.2) is 4.98 Å². The van der Waals surface area contributed by atoms with E-state index in [4.69, 9.17) is 11.6 Å². The van der Waals surface area contributed by atoms with E-state index in [1.54, 1.807) is 0 Å². The maximum atomic E-state index is 6.05. The minimum atomic E-state index is 0.403. The molecule has 0 N–H and O–H groups in total. The van der Waals surface area contributed by atoms with Gasteiger partial charge < -0.3 is 4.57 Å². The predicted molar refractivity (Wildman–Crippen MR) is 81.1 cm³/mol. The highest BCUT2D eigenvalue weighted by Crippen LogP contribution is 2.21. The van der Waals surface area contributed by atoms with E-state index in [2.05, 4.69) is 45.8 Å². The summed E-state index contributed by atoms with van der Waals surface area (Å²) in [6, 6.07) is 8.49. The number of hydrogen-bond donors (Lipinski definition) is 0. The lowest BCUT2D eigenvalue weighted by molar-refractivity contribution is 0.702. The molecule has 20 heavy (non-hydrogen) atoms. The van der Waals surface area contributed by atoms with Gasteiger partial charge >= 0.3 is 0 Å². The number of halogens is 1. The molecule has 0 radical (unpaired) electrons. The monoisotopic (exact) mass is 288 g/mol. The summed E-state index contributed by atoms with van der Waals surface area (Å²) in [7, 11) is 1.95. The number of hydrogen-bond acceptors (Lipinski definition) is 2. The van der Waals surface area contributed by atoms with Gasteiger partial charge in [0, 0.05) is 7.05 Å². The number of fused-ring (bicyclic) bond motifs is 1. The van der Waals surface area contributed by atoms with Crippen LogP contribution in [0.15, 0.2) is 24.3 Å². The van der Waals surface area contributed by atoms with Crippen molar-refractivity contribution in [1.29, 1.82) is 0 Å².